The lowest BCUT2D eigenvalue weighted by molar-refractivity contribution is -0.141. The van der Waals surface area contributed by atoms with Gasteiger partial charge in [0.05, 0.1) is 6.42 Å². The molecular formula is C12H13IO2. The average molecular weight is 316 g/mol. The molecule has 1 unspecified atom stereocenters. The Balaban J connectivity index is 2.24. The predicted molar refractivity (Wildman–Crippen MR) is 67.2 cm³/mol. The Morgan fingerprint density at radius 1 is 1.40 bits per heavy atom. The molecule has 0 radical (unpaired) electrons. The lowest BCUT2D eigenvalue weighted by atomic mass is 9.91. The van der Waals surface area contributed by atoms with E-state index >= 15 is 0 Å². The minimum Gasteiger partial charge on any atom is -0.461 e. The van der Waals surface area contributed by atoms with Gasteiger partial charge in [-0.05, 0) is 12.5 Å². The van der Waals surface area contributed by atoms with Gasteiger partial charge in [0, 0.05) is 9.84 Å². The smallest absolute Gasteiger partial charge is 0.306 e. The number of esters is 1. The molecule has 0 N–H and O–H groups in total. The van der Waals surface area contributed by atoms with Crippen LogP contribution in [0.4, 0.5) is 0 Å². The highest BCUT2D eigenvalue weighted by Gasteiger charge is 2.38. The number of hydrogen-bond donors (Lipinski definition) is 0. The van der Waals surface area contributed by atoms with E-state index < -0.39 is 0 Å². The Hall–Kier alpha value is -0.580. The highest BCUT2D eigenvalue weighted by atomic mass is 127. The van der Waals surface area contributed by atoms with Crippen molar-refractivity contribution in [3.63, 3.8) is 0 Å². The molecule has 1 aromatic rings. The molecule has 1 heterocycles. The Morgan fingerprint density at radius 3 is 2.67 bits per heavy atom. The van der Waals surface area contributed by atoms with Crippen LogP contribution in [0.1, 0.15) is 24.8 Å². The zero-order valence-electron chi connectivity index (χ0n) is 8.52. The van der Waals surface area contributed by atoms with E-state index in [4.69, 9.17) is 4.74 Å². The van der Waals surface area contributed by atoms with Gasteiger partial charge in [0.1, 0.15) is 6.10 Å². The minimum atomic E-state index is -0.0719. The summed E-state index contributed by atoms with van der Waals surface area (Å²) in [6, 6.07) is 10.1. The Kier molecular flexibility index (Phi) is 3.29. The first-order valence-electron chi connectivity index (χ1n) is 5.07. The molecule has 0 amide bonds. The zero-order valence-corrected chi connectivity index (χ0v) is 10.7. The number of cyclic esters (lactones) is 1. The molecule has 1 saturated heterocycles. The molecular weight excluding hydrogens is 303 g/mol. The summed E-state index contributed by atoms with van der Waals surface area (Å²) in [5, 5.41) is 0. The van der Waals surface area contributed by atoms with Gasteiger partial charge < -0.3 is 4.74 Å². The summed E-state index contributed by atoms with van der Waals surface area (Å²) in [5.41, 5.74) is 1.21. The third-order valence-electron chi connectivity index (χ3n) is 2.73. The molecule has 3 heteroatoms. The molecule has 1 aliphatic rings. The van der Waals surface area contributed by atoms with Crippen molar-refractivity contribution in [1.29, 1.82) is 0 Å². The van der Waals surface area contributed by atoms with Crippen LogP contribution in [0.15, 0.2) is 30.3 Å². The normalized spacial score (nSPS) is 27.5. The van der Waals surface area contributed by atoms with Gasteiger partial charge in [0.25, 0.3) is 0 Å². The van der Waals surface area contributed by atoms with Crippen LogP contribution in [0, 0.1) is 0 Å². The average Bonchev–Trinajstić information content (AvgIpc) is 2.62. The molecule has 80 valence electrons. The van der Waals surface area contributed by atoms with Crippen LogP contribution in [0.3, 0.4) is 0 Å². The number of rotatable bonds is 2. The van der Waals surface area contributed by atoms with Gasteiger partial charge in [-0.25, -0.2) is 0 Å². The van der Waals surface area contributed by atoms with Crippen LogP contribution in [-0.2, 0) is 9.53 Å². The molecule has 2 rings (SSSR count). The topological polar surface area (TPSA) is 26.3 Å². The molecule has 3 atom stereocenters. The first kappa shape index (κ1) is 10.9. The molecule has 0 saturated carbocycles. The fourth-order valence-corrected chi connectivity index (χ4v) is 2.65. The van der Waals surface area contributed by atoms with E-state index in [-0.39, 0.29) is 18.0 Å². The number of halogens is 1. The second-order valence-corrected chi connectivity index (χ2v) is 5.82. The van der Waals surface area contributed by atoms with Crippen molar-refractivity contribution < 1.29 is 9.53 Å². The quantitative estimate of drug-likeness (QED) is 0.476. The lowest BCUT2D eigenvalue weighted by Crippen LogP contribution is -2.23. The van der Waals surface area contributed by atoms with Crippen molar-refractivity contribution in [1.82, 2.24) is 0 Å². The van der Waals surface area contributed by atoms with Gasteiger partial charge in [-0.15, -0.1) is 0 Å². The van der Waals surface area contributed by atoms with Crippen molar-refractivity contribution in [2.75, 3.05) is 0 Å². The lowest BCUT2D eigenvalue weighted by Gasteiger charge is -2.19. The van der Waals surface area contributed by atoms with Gasteiger partial charge in [-0.3, -0.25) is 4.79 Å². The number of benzene rings is 1. The summed E-state index contributed by atoms with van der Waals surface area (Å²) < 4.78 is 5.69. The third kappa shape index (κ3) is 2.33. The molecule has 1 aromatic carbocycles. The molecule has 15 heavy (non-hydrogen) atoms. The van der Waals surface area contributed by atoms with E-state index in [1.807, 2.05) is 18.2 Å². The van der Waals surface area contributed by atoms with Crippen LogP contribution in [0.5, 0.6) is 0 Å². The van der Waals surface area contributed by atoms with Crippen LogP contribution < -0.4 is 0 Å². The SMILES string of the molecule is CC(I)[C@@H]1OC(=O)C[C@H]1c1ccccc1. The number of carbonyl (C=O) groups is 1. The van der Waals surface area contributed by atoms with Gasteiger partial charge in [-0.1, -0.05) is 52.9 Å². The third-order valence-corrected chi connectivity index (χ3v) is 3.44. The Morgan fingerprint density at radius 2 is 2.07 bits per heavy atom. The largest absolute Gasteiger partial charge is 0.461 e. The molecule has 0 spiro atoms. The standard InChI is InChI=1S/C12H13IO2/c1-8(13)12-10(7-11(14)15-12)9-5-3-2-4-6-9/h2-6,8,10,12H,7H2,1H3/t8?,10-,12-/m0/s1. The second-order valence-electron chi connectivity index (χ2n) is 3.85. The highest BCUT2D eigenvalue weighted by molar-refractivity contribution is 14.1. The van der Waals surface area contributed by atoms with E-state index in [0.29, 0.717) is 10.3 Å². The summed E-state index contributed by atoms with van der Waals surface area (Å²) in [4.78, 5) is 11.3. The minimum absolute atomic E-state index is 0.0282. The van der Waals surface area contributed by atoms with Gasteiger partial charge in [-0.2, -0.15) is 0 Å². The van der Waals surface area contributed by atoms with Crippen molar-refractivity contribution in [3.05, 3.63) is 35.9 Å². The highest BCUT2D eigenvalue weighted by Crippen LogP contribution is 2.35. The van der Waals surface area contributed by atoms with E-state index in [1.54, 1.807) is 0 Å². The summed E-state index contributed by atoms with van der Waals surface area (Å²) >= 11 is 2.32. The van der Waals surface area contributed by atoms with Gasteiger partial charge in [0.2, 0.25) is 0 Å². The second kappa shape index (κ2) is 4.51. The van der Waals surface area contributed by atoms with Crippen LogP contribution in [-0.4, -0.2) is 16.0 Å². The van der Waals surface area contributed by atoms with Crippen molar-refractivity contribution in [2.45, 2.75) is 29.3 Å². The summed E-state index contributed by atoms with van der Waals surface area (Å²) in [5.74, 6) is 0.156. The maximum Gasteiger partial charge on any atom is 0.306 e. The predicted octanol–water partition coefficient (Wildman–Crippen LogP) is 2.91. The number of alkyl halides is 1. The molecule has 1 aliphatic heterocycles. The first-order valence-corrected chi connectivity index (χ1v) is 6.31. The summed E-state index contributed by atoms with van der Waals surface area (Å²) in [7, 11) is 0. The molecule has 0 bridgehead atoms. The fraction of sp³-hybridized carbons (Fsp3) is 0.417. The van der Waals surface area contributed by atoms with Crippen LogP contribution in [0.25, 0.3) is 0 Å². The van der Waals surface area contributed by atoms with E-state index in [0.717, 1.165) is 0 Å². The molecule has 0 aliphatic carbocycles. The number of ether oxygens (including phenoxy) is 1. The van der Waals surface area contributed by atoms with Crippen LogP contribution in [0.2, 0.25) is 0 Å². The molecule has 0 aromatic heterocycles. The summed E-state index contributed by atoms with van der Waals surface area (Å²) in [6.07, 6.45) is 0.544. The number of hydrogen-bond acceptors (Lipinski definition) is 2. The van der Waals surface area contributed by atoms with Gasteiger partial charge in [0.15, 0.2) is 0 Å². The molecule has 2 nitrogen and oxygen atoms in total. The maximum absolute atomic E-state index is 11.3. The molecule has 1 fully saturated rings. The van der Waals surface area contributed by atoms with E-state index in [1.165, 1.54) is 5.56 Å². The van der Waals surface area contributed by atoms with E-state index in [9.17, 15) is 4.79 Å². The fourth-order valence-electron chi connectivity index (χ4n) is 2.00. The van der Waals surface area contributed by atoms with Crippen LogP contribution >= 0.6 is 22.6 Å². The van der Waals surface area contributed by atoms with Crippen molar-refractivity contribution >= 4 is 28.6 Å². The van der Waals surface area contributed by atoms with Crippen molar-refractivity contribution in [3.8, 4) is 0 Å². The van der Waals surface area contributed by atoms with E-state index in [2.05, 4.69) is 41.6 Å². The van der Waals surface area contributed by atoms with Gasteiger partial charge >= 0.3 is 5.97 Å². The maximum atomic E-state index is 11.3. The first-order chi connectivity index (χ1) is 7.18. The summed E-state index contributed by atoms with van der Waals surface area (Å²) in [6.45, 7) is 2.08. The Labute approximate surface area is 103 Å². The van der Waals surface area contributed by atoms with Crippen molar-refractivity contribution in [2.24, 2.45) is 0 Å². The monoisotopic (exact) mass is 316 g/mol. The zero-order chi connectivity index (χ0) is 10.8. The Bertz CT molecular complexity index is 348. The number of carbonyl (C=O) groups excluding carboxylic acids is 1.